The first-order valence-electron chi connectivity index (χ1n) is 19.8. The van der Waals surface area contributed by atoms with Gasteiger partial charge in [-0.1, -0.05) is 39.8 Å². The van der Waals surface area contributed by atoms with E-state index in [4.69, 9.17) is 36.9 Å². The van der Waals surface area contributed by atoms with Crippen molar-refractivity contribution in [3.63, 3.8) is 0 Å². The number of aromatic amines is 1. The van der Waals surface area contributed by atoms with E-state index in [2.05, 4.69) is 15.3 Å². The molecule has 1 aromatic carbocycles. The lowest BCUT2D eigenvalue weighted by Gasteiger charge is -2.44. The van der Waals surface area contributed by atoms with Crippen molar-refractivity contribution in [1.29, 1.82) is 0 Å². The van der Waals surface area contributed by atoms with E-state index in [0.717, 1.165) is 28.9 Å². The number of imide groups is 2. The Morgan fingerprint density at radius 1 is 0.984 bits per heavy atom. The zero-order valence-electron chi connectivity index (χ0n) is 35.8. The zero-order valence-corrected chi connectivity index (χ0v) is 37.7. The van der Waals surface area contributed by atoms with Crippen LogP contribution in [0.4, 0.5) is 0 Å². The Hall–Kier alpha value is -4.35. The van der Waals surface area contributed by atoms with Gasteiger partial charge < -0.3 is 28.2 Å². The minimum atomic E-state index is -4.87. The Kier molecular flexibility index (Phi) is 13.7. The number of aliphatic imine (C=N–C) groups is 1. The maximum absolute atomic E-state index is 14.9. The Morgan fingerprint density at radius 3 is 2.18 bits per heavy atom. The van der Waals surface area contributed by atoms with Gasteiger partial charge in [-0.25, -0.2) is 9.36 Å². The highest BCUT2D eigenvalue weighted by molar-refractivity contribution is 7.48. The lowest BCUT2D eigenvalue weighted by molar-refractivity contribution is -0.139. The summed E-state index contributed by atoms with van der Waals surface area (Å²) in [5.74, 6) is -3.56. The molecule has 23 heteroatoms. The summed E-state index contributed by atoms with van der Waals surface area (Å²) in [5.41, 5.74) is -3.30. The van der Waals surface area contributed by atoms with Gasteiger partial charge in [0.25, 0.3) is 29.2 Å². The Morgan fingerprint density at radius 2 is 1.63 bits per heavy atom. The third-order valence-electron chi connectivity index (χ3n) is 12.1. The van der Waals surface area contributed by atoms with E-state index in [-0.39, 0.29) is 17.5 Å². The highest BCUT2D eigenvalue weighted by Gasteiger charge is 2.64. The first-order chi connectivity index (χ1) is 29.1. The molecule has 4 aliphatic rings. The summed E-state index contributed by atoms with van der Waals surface area (Å²) in [6, 6.07) is 5.90. The molecule has 4 amide bonds. The number of phosphoric acid groups is 1. The molecule has 21 nitrogen and oxygen atoms in total. The quantitative estimate of drug-likeness (QED) is 0.0992. The first kappa shape index (κ1) is 47.1. The predicted octanol–water partition coefficient (Wildman–Crippen LogP) is 1.77. The Labute approximate surface area is 357 Å². The zero-order chi connectivity index (χ0) is 45.5. The maximum atomic E-state index is 14.9. The molecule has 0 radical (unpaired) electrons. The number of amides is 4. The number of nitrogens with one attached hydrogen (secondary N) is 2. The van der Waals surface area contributed by atoms with Crippen molar-refractivity contribution in [3.8, 4) is 0 Å². The van der Waals surface area contributed by atoms with Gasteiger partial charge in [-0.05, 0) is 36.2 Å². The average Bonchev–Trinajstić information content (AvgIpc) is 3.80. The minimum absolute atomic E-state index is 0.0569. The molecule has 4 aliphatic heterocycles. The van der Waals surface area contributed by atoms with Gasteiger partial charge in [-0.2, -0.15) is 0 Å². The standard InChI is InChI=1S/C39H52N5O16PSi/c1-21(15-17-45)27-29(31(54-6)36(57-27)43-16-14-24(46)42-37(43)51)59-61(52,55-7)56-20-39(19-44-34(49)22-12-10-11-13-23(22)35(44)50)32(60-62(8,9)38(2,3)4)30(53-5)28(58-39)26-33(48)41-25(47)18-40-26/h10-14,16-18,21,26-32,36H,15,19-20H2,1-9H3,(H,41,47,48)(H,42,46,51)/t21-,26?,27+,28-,29?,30+,31-,32?,36+,39+,61?/m0/s1. The molecule has 2 N–H and O–H groups in total. The molecular formula is C39H52N5O16PSi. The summed E-state index contributed by atoms with van der Waals surface area (Å²) in [6.45, 7) is 10.0. The topological polar surface area (TPSA) is 259 Å². The van der Waals surface area contributed by atoms with Crippen LogP contribution in [0.2, 0.25) is 18.1 Å². The summed E-state index contributed by atoms with van der Waals surface area (Å²) >= 11 is 0. The molecule has 0 saturated carbocycles. The first-order valence-corrected chi connectivity index (χ1v) is 24.2. The second kappa shape index (κ2) is 18.0. The third kappa shape index (κ3) is 8.90. The SMILES string of the molecule is CO[C@H]1C(OP(=O)(OC)OC[C@@]2(CN3C(=O)c4ccccc4C3=O)O[C@@H](C3N=CC(=O)NC3=O)[C@@H](OC)C2O[Si](C)(C)C(C)(C)C)[C@@H]([C@@H](C)CC=O)O[C@H]1n1ccc(=O)[nH]c1=O. The molecule has 338 valence electrons. The summed E-state index contributed by atoms with van der Waals surface area (Å²) in [5, 5.41) is 1.75. The number of hydrogen-bond donors (Lipinski definition) is 2. The minimum Gasteiger partial charge on any atom is -0.408 e. The highest BCUT2D eigenvalue weighted by atomic mass is 31.2. The number of fused-ring (bicyclic) bond motifs is 1. The van der Waals surface area contributed by atoms with Crippen LogP contribution in [-0.2, 0) is 55.9 Å². The fraction of sp³-hybridized carbons (Fsp3) is 0.590. The molecule has 4 unspecified atom stereocenters. The van der Waals surface area contributed by atoms with Crippen LogP contribution in [0.1, 0.15) is 61.1 Å². The van der Waals surface area contributed by atoms with Gasteiger partial charge in [0.15, 0.2) is 20.6 Å². The van der Waals surface area contributed by atoms with E-state index in [1.807, 2.05) is 33.9 Å². The van der Waals surface area contributed by atoms with Crippen LogP contribution in [0, 0.1) is 5.92 Å². The van der Waals surface area contributed by atoms with Crippen LogP contribution < -0.4 is 16.6 Å². The number of nitrogens with zero attached hydrogens (tertiary/aromatic N) is 3. The largest absolute Gasteiger partial charge is 0.475 e. The van der Waals surface area contributed by atoms with Crippen molar-refractivity contribution in [2.24, 2.45) is 10.9 Å². The van der Waals surface area contributed by atoms with Crippen molar-refractivity contribution >= 4 is 52.3 Å². The van der Waals surface area contributed by atoms with Crippen LogP contribution in [0.5, 0.6) is 0 Å². The number of aldehydes is 1. The van der Waals surface area contributed by atoms with Gasteiger partial charge in [0.1, 0.15) is 42.4 Å². The predicted molar refractivity (Wildman–Crippen MR) is 219 cm³/mol. The van der Waals surface area contributed by atoms with Crippen LogP contribution in [0.15, 0.2) is 51.1 Å². The molecule has 2 fully saturated rings. The number of ether oxygens (including phenoxy) is 4. The number of hydrogen-bond acceptors (Lipinski definition) is 17. The molecular weight excluding hydrogens is 854 g/mol. The molecule has 6 rings (SSSR count). The van der Waals surface area contributed by atoms with Crippen molar-refractivity contribution in [2.45, 2.75) is 107 Å². The van der Waals surface area contributed by atoms with E-state index in [1.165, 1.54) is 32.5 Å². The van der Waals surface area contributed by atoms with Gasteiger partial charge in [-0.3, -0.25) is 62.3 Å². The van der Waals surface area contributed by atoms with Gasteiger partial charge in [-0.15, -0.1) is 0 Å². The second-order valence-electron chi connectivity index (χ2n) is 17.0. The number of rotatable bonds is 17. The van der Waals surface area contributed by atoms with E-state index < -0.39 is 130 Å². The average molecular weight is 906 g/mol. The number of phosphoric ester groups is 1. The monoisotopic (exact) mass is 905 g/mol. The van der Waals surface area contributed by atoms with Crippen LogP contribution in [0.25, 0.3) is 0 Å². The van der Waals surface area contributed by atoms with E-state index in [9.17, 15) is 38.1 Å². The smallest absolute Gasteiger partial charge is 0.408 e. The molecule has 2 saturated heterocycles. The van der Waals surface area contributed by atoms with E-state index >= 15 is 0 Å². The summed E-state index contributed by atoms with van der Waals surface area (Å²) in [6.07, 6.45) is -6.04. The summed E-state index contributed by atoms with van der Waals surface area (Å²) in [4.78, 5) is 97.4. The van der Waals surface area contributed by atoms with Gasteiger partial charge in [0, 0.05) is 40.0 Å². The number of methoxy groups -OCH3 is 2. The molecule has 11 atom stereocenters. The molecule has 62 heavy (non-hydrogen) atoms. The van der Waals surface area contributed by atoms with Crippen molar-refractivity contribution in [1.82, 2.24) is 19.8 Å². The van der Waals surface area contributed by atoms with E-state index in [0.29, 0.717) is 6.29 Å². The number of carbonyl (C=O) groups is 5. The summed E-state index contributed by atoms with van der Waals surface area (Å²) in [7, 11) is -4.12. The Balaban J connectivity index is 1.45. The van der Waals surface area contributed by atoms with Gasteiger partial charge >= 0.3 is 13.5 Å². The van der Waals surface area contributed by atoms with Crippen molar-refractivity contribution < 1.29 is 65.5 Å². The third-order valence-corrected chi connectivity index (χ3v) is 17.9. The number of benzene rings is 1. The molecule has 0 spiro atoms. The van der Waals surface area contributed by atoms with Crippen molar-refractivity contribution in [2.75, 3.05) is 34.5 Å². The lowest BCUT2D eigenvalue weighted by atomic mass is 9.92. The fourth-order valence-electron chi connectivity index (χ4n) is 7.76. The maximum Gasteiger partial charge on any atom is 0.475 e. The Bertz CT molecular complexity index is 2240. The van der Waals surface area contributed by atoms with Crippen LogP contribution >= 0.6 is 7.82 Å². The van der Waals surface area contributed by atoms with Crippen molar-refractivity contribution in [3.05, 3.63) is 68.5 Å². The lowest BCUT2D eigenvalue weighted by Crippen LogP contribution is -2.60. The number of carbonyl (C=O) groups excluding carboxylic acids is 5. The normalized spacial score (nSPS) is 30.4. The number of aromatic nitrogens is 2. The van der Waals surface area contributed by atoms with Crippen LogP contribution in [0.3, 0.4) is 0 Å². The molecule has 0 bridgehead atoms. The summed E-state index contributed by atoms with van der Waals surface area (Å²) < 4.78 is 65.7. The fourth-order valence-corrected chi connectivity index (χ4v) is 10.3. The van der Waals surface area contributed by atoms with E-state index in [1.54, 1.807) is 19.1 Å². The number of H-pyrrole nitrogens is 1. The van der Waals surface area contributed by atoms with Crippen LogP contribution in [-0.4, -0.2) is 142 Å². The van der Waals surface area contributed by atoms with Gasteiger partial charge in [0.2, 0.25) is 0 Å². The molecule has 5 heterocycles. The molecule has 0 aliphatic carbocycles. The van der Waals surface area contributed by atoms with Gasteiger partial charge in [0.05, 0.1) is 36.6 Å². The molecule has 2 aromatic rings. The molecule has 1 aromatic heterocycles. The highest BCUT2D eigenvalue weighted by Crippen LogP contribution is 2.55. The second-order valence-corrected chi connectivity index (χ2v) is 23.5.